The number of amides is 1. The predicted octanol–water partition coefficient (Wildman–Crippen LogP) is 6.36. The summed E-state index contributed by atoms with van der Waals surface area (Å²) in [6, 6.07) is 13.7. The number of carbonyl (C=O) groups is 1. The van der Waals surface area contributed by atoms with Crippen LogP contribution in [0.2, 0.25) is 0 Å². The van der Waals surface area contributed by atoms with Crippen LogP contribution in [-0.4, -0.2) is 61.9 Å². The lowest BCUT2D eigenvalue weighted by Gasteiger charge is -2.42. The number of nitrogens with zero attached hydrogens (tertiary/aromatic N) is 6. The van der Waals surface area contributed by atoms with E-state index in [0.717, 1.165) is 38.9 Å². The normalized spacial score (nSPS) is 17.7. The van der Waals surface area contributed by atoms with Crippen LogP contribution in [0.3, 0.4) is 0 Å². The second kappa shape index (κ2) is 13.3. The minimum atomic E-state index is -3.41. The van der Waals surface area contributed by atoms with Crippen molar-refractivity contribution in [3.05, 3.63) is 94.7 Å². The van der Waals surface area contributed by atoms with Crippen molar-refractivity contribution < 1.29 is 18.6 Å². The lowest BCUT2D eigenvalue weighted by Crippen LogP contribution is -2.41. The van der Waals surface area contributed by atoms with Crippen molar-refractivity contribution in [3.63, 3.8) is 0 Å². The van der Waals surface area contributed by atoms with Crippen LogP contribution in [0.1, 0.15) is 73.7 Å². The number of nitrogens with one attached hydrogen (secondary N) is 2. The molecule has 3 aromatic heterocycles. The van der Waals surface area contributed by atoms with E-state index in [4.69, 9.17) is 4.74 Å². The molecule has 1 aliphatic rings. The molecular formula is C35H44N8O4S. The largest absolute Gasteiger partial charge is 0.472 e. The van der Waals surface area contributed by atoms with Crippen LogP contribution in [0.25, 0.3) is 11.0 Å². The van der Waals surface area contributed by atoms with Gasteiger partial charge in [-0.1, -0.05) is 50.3 Å². The SMILES string of the molecule is CCC1CN(Cc2cc(C(c3ccc4c(nnn4CC)c3C)C(C)(C)C(=O)NCc3ncc[nH]3)ccc2C)S(O)(O)c2cccnc2O1. The van der Waals surface area contributed by atoms with E-state index < -0.39 is 16.2 Å². The maximum atomic E-state index is 14.1. The van der Waals surface area contributed by atoms with Crippen LogP contribution < -0.4 is 10.1 Å². The van der Waals surface area contributed by atoms with Gasteiger partial charge in [-0.15, -0.1) is 15.9 Å². The van der Waals surface area contributed by atoms with Crippen molar-refractivity contribution >= 4 is 27.7 Å². The fourth-order valence-electron chi connectivity index (χ4n) is 6.57. The molecule has 12 nitrogen and oxygen atoms in total. The number of hydrogen-bond donors (Lipinski definition) is 4. The topological polar surface area (TPSA) is 154 Å². The Bertz CT molecular complexity index is 1920. The summed E-state index contributed by atoms with van der Waals surface area (Å²) in [5, 5.41) is 12.0. The van der Waals surface area contributed by atoms with E-state index in [1.165, 1.54) is 0 Å². The van der Waals surface area contributed by atoms with E-state index >= 15 is 0 Å². The Morgan fingerprint density at radius 1 is 1.15 bits per heavy atom. The zero-order chi connectivity index (χ0) is 34.2. The summed E-state index contributed by atoms with van der Waals surface area (Å²) in [4.78, 5) is 26.0. The summed E-state index contributed by atoms with van der Waals surface area (Å²) in [6.45, 7) is 13.5. The molecule has 0 saturated heterocycles. The number of hydrogen-bond acceptors (Lipinski definition) is 9. The van der Waals surface area contributed by atoms with Crippen LogP contribution in [-0.2, 0) is 24.4 Å². The van der Waals surface area contributed by atoms with Gasteiger partial charge in [0.05, 0.1) is 24.0 Å². The monoisotopic (exact) mass is 672 g/mol. The van der Waals surface area contributed by atoms with Gasteiger partial charge in [-0.3, -0.25) is 13.9 Å². The van der Waals surface area contributed by atoms with Gasteiger partial charge in [-0.05, 0) is 73.2 Å². The number of benzene rings is 2. The lowest BCUT2D eigenvalue weighted by atomic mass is 9.69. The first-order valence-corrected chi connectivity index (χ1v) is 17.8. The van der Waals surface area contributed by atoms with E-state index in [0.29, 0.717) is 25.3 Å². The number of ether oxygens (including phenoxy) is 1. The summed E-state index contributed by atoms with van der Waals surface area (Å²) >= 11 is 0. The van der Waals surface area contributed by atoms with Crippen LogP contribution in [0.4, 0.5) is 0 Å². The Labute approximate surface area is 282 Å². The molecule has 2 unspecified atom stereocenters. The number of pyridine rings is 1. The van der Waals surface area contributed by atoms with Gasteiger partial charge in [-0.2, -0.15) is 4.31 Å². The lowest BCUT2D eigenvalue weighted by molar-refractivity contribution is -0.130. The Morgan fingerprint density at radius 2 is 1.96 bits per heavy atom. The first-order valence-electron chi connectivity index (χ1n) is 16.3. The number of imidazole rings is 1. The minimum Gasteiger partial charge on any atom is -0.472 e. The zero-order valence-electron chi connectivity index (χ0n) is 28.3. The molecule has 4 heterocycles. The predicted molar refractivity (Wildman–Crippen MR) is 186 cm³/mol. The van der Waals surface area contributed by atoms with Crippen molar-refractivity contribution in [2.24, 2.45) is 5.41 Å². The smallest absolute Gasteiger partial charge is 0.239 e. The average molecular weight is 673 g/mol. The third-order valence-electron chi connectivity index (χ3n) is 9.46. The van der Waals surface area contributed by atoms with E-state index in [1.54, 1.807) is 35.0 Å². The average Bonchev–Trinajstić information content (AvgIpc) is 3.73. The zero-order valence-corrected chi connectivity index (χ0v) is 29.1. The molecule has 0 saturated carbocycles. The van der Waals surface area contributed by atoms with Crippen molar-refractivity contribution in [2.75, 3.05) is 6.54 Å². The van der Waals surface area contributed by atoms with Gasteiger partial charge in [0.25, 0.3) is 0 Å². The number of H-pyrrole nitrogens is 1. The second-order valence-corrected chi connectivity index (χ2v) is 14.9. The van der Waals surface area contributed by atoms with Crippen molar-refractivity contribution in [3.8, 4) is 5.88 Å². The molecule has 1 amide bonds. The van der Waals surface area contributed by atoms with Crippen molar-refractivity contribution in [1.29, 1.82) is 0 Å². The van der Waals surface area contributed by atoms with E-state index in [1.807, 2.05) is 58.4 Å². The number of rotatable bonds is 10. The van der Waals surface area contributed by atoms with Gasteiger partial charge in [0, 0.05) is 37.6 Å². The van der Waals surface area contributed by atoms with Gasteiger partial charge in [-0.25, -0.2) is 14.6 Å². The molecular weight excluding hydrogens is 629 g/mol. The van der Waals surface area contributed by atoms with Crippen LogP contribution in [0.15, 0.2) is 66.0 Å². The van der Waals surface area contributed by atoms with E-state index in [-0.39, 0.29) is 41.8 Å². The van der Waals surface area contributed by atoms with Crippen molar-refractivity contribution in [2.45, 2.75) is 84.5 Å². The standard InChI is InChI=1S/C35H44N8O4S/c1-7-26-21-42(48(45,46)29-10-9-15-38-33(29)47-26)20-25-18-24(12-11-22(25)3)31(35(5,6)34(44)39-19-30-36-16-17-37-30)27-13-14-28-32(23(27)4)40-41-43(28)8-2/h9-18,26,31,45-46H,7-8,19-21H2,1-6H3,(H,36,37)(H,39,44). The van der Waals surface area contributed by atoms with E-state index in [9.17, 15) is 13.9 Å². The Morgan fingerprint density at radius 3 is 2.69 bits per heavy atom. The molecule has 48 heavy (non-hydrogen) atoms. The highest BCUT2D eigenvalue weighted by Crippen LogP contribution is 2.57. The first kappa shape index (κ1) is 33.6. The molecule has 0 spiro atoms. The van der Waals surface area contributed by atoms with Gasteiger partial charge in [0.2, 0.25) is 11.8 Å². The molecule has 1 aliphatic heterocycles. The molecule has 5 aromatic rings. The van der Waals surface area contributed by atoms with Gasteiger partial charge < -0.3 is 15.0 Å². The number of aromatic nitrogens is 6. The number of aromatic amines is 1. The molecule has 2 atom stereocenters. The summed E-state index contributed by atoms with van der Waals surface area (Å²) in [6.07, 6.45) is 5.39. The molecule has 0 radical (unpaired) electrons. The van der Waals surface area contributed by atoms with Crippen LogP contribution in [0, 0.1) is 19.3 Å². The molecule has 0 aliphatic carbocycles. The maximum absolute atomic E-state index is 14.1. The van der Waals surface area contributed by atoms with E-state index in [2.05, 4.69) is 48.8 Å². The summed E-state index contributed by atoms with van der Waals surface area (Å²) < 4.78 is 33.0. The highest BCUT2D eigenvalue weighted by Gasteiger charge is 2.41. The molecule has 0 fully saturated rings. The van der Waals surface area contributed by atoms with Gasteiger partial charge in [0.15, 0.2) is 0 Å². The number of carbonyl (C=O) groups excluding carboxylic acids is 1. The molecule has 13 heteroatoms. The summed E-state index contributed by atoms with van der Waals surface area (Å²) in [5.74, 6) is 0.414. The van der Waals surface area contributed by atoms with Crippen LogP contribution in [0.5, 0.6) is 5.88 Å². The number of aryl methyl sites for hydroxylation is 3. The Balaban J connectivity index is 1.43. The quantitative estimate of drug-likeness (QED) is 0.133. The third-order valence-corrected chi connectivity index (χ3v) is 11.4. The maximum Gasteiger partial charge on any atom is 0.239 e. The molecule has 4 N–H and O–H groups in total. The molecule has 254 valence electrons. The Hall–Kier alpha value is -4.30. The number of fused-ring (bicyclic) bond motifs is 2. The Kier molecular flexibility index (Phi) is 9.31. The molecule has 6 rings (SSSR count). The third kappa shape index (κ3) is 6.18. The fourth-order valence-corrected chi connectivity index (χ4v) is 8.14. The second-order valence-electron chi connectivity index (χ2n) is 12.9. The molecule has 2 aromatic carbocycles. The highest BCUT2D eigenvalue weighted by atomic mass is 32.3. The minimum absolute atomic E-state index is 0.128. The van der Waals surface area contributed by atoms with Gasteiger partial charge in [0.1, 0.15) is 22.3 Å². The molecule has 0 bridgehead atoms. The summed E-state index contributed by atoms with van der Waals surface area (Å²) in [7, 11) is -3.41. The highest BCUT2D eigenvalue weighted by molar-refractivity contribution is 8.22. The van der Waals surface area contributed by atoms with Crippen LogP contribution >= 0.6 is 10.8 Å². The van der Waals surface area contributed by atoms with Gasteiger partial charge >= 0.3 is 0 Å². The summed E-state index contributed by atoms with van der Waals surface area (Å²) in [5.41, 5.74) is 5.59. The first-order chi connectivity index (χ1) is 22.9. The fraction of sp³-hybridized carbons (Fsp3) is 0.400. The van der Waals surface area contributed by atoms with Crippen molar-refractivity contribution in [1.82, 2.24) is 39.6 Å².